The lowest BCUT2D eigenvalue weighted by atomic mass is 10.2. The van der Waals surface area contributed by atoms with Crippen LogP contribution in [0.15, 0.2) is 53.7 Å². The van der Waals surface area contributed by atoms with E-state index in [1.165, 1.54) is 18.2 Å². The molecule has 0 aliphatic carbocycles. The molecule has 0 amide bonds. The van der Waals surface area contributed by atoms with E-state index in [2.05, 4.69) is 14.7 Å². The molecule has 0 spiro atoms. The summed E-state index contributed by atoms with van der Waals surface area (Å²) >= 11 is 11.7. The molecule has 0 saturated carbocycles. The third-order valence-corrected chi connectivity index (χ3v) is 5.34. The molecule has 0 atom stereocenters. The van der Waals surface area contributed by atoms with E-state index in [9.17, 15) is 8.42 Å². The largest absolute Gasteiger partial charge is 0.253 e. The maximum absolute atomic E-state index is 12.3. The predicted octanol–water partition coefficient (Wildman–Crippen LogP) is 3.42. The van der Waals surface area contributed by atoms with Crippen LogP contribution in [0, 0.1) is 0 Å². The van der Waals surface area contributed by atoms with Crippen molar-refractivity contribution < 1.29 is 8.42 Å². The first kappa shape index (κ1) is 16.1. The molecule has 0 radical (unpaired) electrons. The van der Waals surface area contributed by atoms with Gasteiger partial charge in [-0.3, -0.25) is 9.97 Å². The molecule has 0 bridgehead atoms. The van der Waals surface area contributed by atoms with E-state index >= 15 is 0 Å². The van der Waals surface area contributed by atoms with Crippen LogP contribution in [-0.2, 0) is 16.6 Å². The molecule has 8 heteroatoms. The number of hydrogen-bond donors (Lipinski definition) is 1. The highest BCUT2D eigenvalue weighted by molar-refractivity contribution is 7.89. The van der Waals surface area contributed by atoms with E-state index in [0.717, 1.165) is 11.1 Å². The van der Waals surface area contributed by atoms with Gasteiger partial charge in [0.1, 0.15) is 0 Å². The molecule has 0 aliphatic heterocycles. The first-order valence-electron chi connectivity index (χ1n) is 6.60. The van der Waals surface area contributed by atoms with Gasteiger partial charge in [0, 0.05) is 18.9 Å². The van der Waals surface area contributed by atoms with Crippen molar-refractivity contribution in [2.24, 2.45) is 0 Å². The second-order valence-corrected chi connectivity index (χ2v) is 7.36. The number of benzene rings is 2. The van der Waals surface area contributed by atoms with Gasteiger partial charge >= 0.3 is 0 Å². The molecule has 0 unspecified atom stereocenters. The summed E-state index contributed by atoms with van der Waals surface area (Å²) in [5, 5.41) is 0.495. The third kappa shape index (κ3) is 3.61. The van der Waals surface area contributed by atoms with Gasteiger partial charge < -0.3 is 0 Å². The molecule has 1 heterocycles. The second kappa shape index (κ2) is 6.41. The van der Waals surface area contributed by atoms with E-state index < -0.39 is 10.0 Å². The highest BCUT2D eigenvalue weighted by atomic mass is 35.5. The van der Waals surface area contributed by atoms with Gasteiger partial charge in [-0.25, -0.2) is 13.1 Å². The molecule has 23 heavy (non-hydrogen) atoms. The summed E-state index contributed by atoms with van der Waals surface area (Å²) < 4.78 is 27.1. The molecule has 3 rings (SSSR count). The Kier molecular flexibility index (Phi) is 4.50. The van der Waals surface area contributed by atoms with Crippen LogP contribution in [0.3, 0.4) is 0 Å². The van der Waals surface area contributed by atoms with Gasteiger partial charge in [-0.1, -0.05) is 29.3 Å². The zero-order valence-corrected chi connectivity index (χ0v) is 14.0. The maximum Gasteiger partial charge on any atom is 0.240 e. The van der Waals surface area contributed by atoms with Crippen LogP contribution in [-0.4, -0.2) is 18.4 Å². The van der Waals surface area contributed by atoms with E-state index in [-0.39, 0.29) is 16.5 Å². The second-order valence-electron chi connectivity index (χ2n) is 4.78. The normalized spacial score (nSPS) is 11.7. The molecule has 1 N–H and O–H groups in total. The zero-order valence-electron chi connectivity index (χ0n) is 11.7. The Morgan fingerprint density at radius 2 is 1.65 bits per heavy atom. The summed E-state index contributed by atoms with van der Waals surface area (Å²) in [6, 6.07) is 9.56. The van der Waals surface area contributed by atoms with E-state index in [4.69, 9.17) is 23.2 Å². The van der Waals surface area contributed by atoms with Crippen LogP contribution in [0.1, 0.15) is 5.56 Å². The van der Waals surface area contributed by atoms with Gasteiger partial charge in [0.05, 0.1) is 26.0 Å². The van der Waals surface area contributed by atoms with E-state index in [1.54, 1.807) is 30.6 Å². The Morgan fingerprint density at radius 1 is 0.913 bits per heavy atom. The van der Waals surface area contributed by atoms with Crippen molar-refractivity contribution in [3.63, 3.8) is 0 Å². The predicted molar refractivity (Wildman–Crippen MR) is 90.0 cm³/mol. The smallest absolute Gasteiger partial charge is 0.240 e. The minimum atomic E-state index is -3.68. The topological polar surface area (TPSA) is 72.0 Å². The summed E-state index contributed by atoms with van der Waals surface area (Å²) in [7, 11) is -3.68. The number of hydrogen-bond acceptors (Lipinski definition) is 4. The summed E-state index contributed by atoms with van der Waals surface area (Å²) in [4.78, 5) is 8.42. The van der Waals surface area contributed by atoms with Crippen LogP contribution in [0.5, 0.6) is 0 Å². The molecule has 118 valence electrons. The summed E-state index contributed by atoms with van der Waals surface area (Å²) in [6.07, 6.45) is 3.20. The Bertz CT molecular complexity index is 977. The average Bonchev–Trinajstić information content (AvgIpc) is 2.55. The number of sulfonamides is 1. The lowest BCUT2D eigenvalue weighted by molar-refractivity contribution is 0.581. The van der Waals surface area contributed by atoms with Crippen LogP contribution in [0.4, 0.5) is 0 Å². The molecular formula is C15H11Cl2N3O2S. The van der Waals surface area contributed by atoms with Crippen molar-refractivity contribution in [2.45, 2.75) is 11.4 Å². The third-order valence-electron chi connectivity index (χ3n) is 3.20. The number of halogens is 2. The minimum absolute atomic E-state index is 0.0625. The van der Waals surface area contributed by atoms with Gasteiger partial charge in [0.2, 0.25) is 10.0 Å². The van der Waals surface area contributed by atoms with Gasteiger partial charge in [0.25, 0.3) is 0 Å². The number of fused-ring (bicyclic) bond motifs is 1. The quantitative estimate of drug-likeness (QED) is 0.766. The Balaban J connectivity index is 1.81. The van der Waals surface area contributed by atoms with Crippen molar-refractivity contribution in [1.29, 1.82) is 0 Å². The number of aromatic nitrogens is 2. The fourth-order valence-electron chi connectivity index (χ4n) is 2.02. The molecule has 0 aliphatic rings. The molecule has 0 fully saturated rings. The van der Waals surface area contributed by atoms with Crippen molar-refractivity contribution >= 4 is 44.3 Å². The average molecular weight is 368 g/mol. The van der Waals surface area contributed by atoms with E-state index in [1.807, 2.05) is 0 Å². The summed E-state index contributed by atoms with van der Waals surface area (Å²) in [5.41, 5.74) is 2.24. The Hall–Kier alpha value is -1.73. The highest BCUT2D eigenvalue weighted by Gasteiger charge is 2.15. The van der Waals surface area contributed by atoms with Crippen LogP contribution < -0.4 is 4.72 Å². The van der Waals surface area contributed by atoms with Crippen molar-refractivity contribution in [2.75, 3.05) is 0 Å². The van der Waals surface area contributed by atoms with Crippen molar-refractivity contribution in [3.05, 3.63) is 64.4 Å². The van der Waals surface area contributed by atoms with Gasteiger partial charge in [-0.2, -0.15) is 0 Å². The van der Waals surface area contributed by atoms with Crippen molar-refractivity contribution in [3.8, 4) is 0 Å². The van der Waals surface area contributed by atoms with Crippen LogP contribution in [0.25, 0.3) is 11.0 Å². The molecular weight excluding hydrogens is 357 g/mol. The van der Waals surface area contributed by atoms with Crippen molar-refractivity contribution in [1.82, 2.24) is 14.7 Å². The molecule has 0 saturated heterocycles. The number of nitrogens with one attached hydrogen (secondary N) is 1. The fraction of sp³-hybridized carbons (Fsp3) is 0.0667. The summed E-state index contributed by atoms with van der Waals surface area (Å²) in [6.45, 7) is 0.134. The number of rotatable bonds is 4. The highest BCUT2D eigenvalue weighted by Crippen LogP contribution is 2.24. The number of nitrogens with zero attached hydrogens (tertiary/aromatic N) is 2. The van der Waals surface area contributed by atoms with E-state index in [0.29, 0.717) is 10.5 Å². The van der Waals surface area contributed by atoms with Crippen LogP contribution >= 0.6 is 23.2 Å². The zero-order chi connectivity index (χ0) is 16.4. The van der Waals surface area contributed by atoms with Gasteiger partial charge in [-0.05, 0) is 35.9 Å². The fourth-order valence-corrected chi connectivity index (χ4v) is 3.43. The Morgan fingerprint density at radius 3 is 2.39 bits per heavy atom. The molecule has 3 aromatic rings. The molecule has 2 aromatic carbocycles. The maximum atomic E-state index is 12.3. The van der Waals surface area contributed by atoms with Crippen LogP contribution in [0.2, 0.25) is 10.0 Å². The molecule has 5 nitrogen and oxygen atoms in total. The standard InChI is InChI=1S/C15H11Cl2N3O2S/c16-12-3-2-11(8-13(12)17)23(21,22)20-9-10-1-4-14-15(7-10)19-6-5-18-14/h1-8,20H,9H2. The first-order chi connectivity index (χ1) is 11.0. The summed E-state index contributed by atoms with van der Waals surface area (Å²) in [5.74, 6) is 0. The lowest BCUT2D eigenvalue weighted by Crippen LogP contribution is -2.23. The SMILES string of the molecule is O=S(=O)(NCc1ccc2nccnc2c1)c1ccc(Cl)c(Cl)c1. The first-order valence-corrected chi connectivity index (χ1v) is 8.84. The lowest BCUT2D eigenvalue weighted by Gasteiger charge is -2.08. The van der Waals surface area contributed by atoms with Gasteiger partial charge in [0.15, 0.2) is 0 Å². The van der Waals surface area contributed by atoms with Gasteiger partial charge in [-0.15, -0.1) is 0 Å². The monoisotopic (exact) mass is 367 g/mol. The molecule has 1 aromatic heterocycles. The Labute approximate surface area is 143 Å². The minimum Gasteiger partial charge on any atom is -0.253 e.